The van der Waals surface area contributed by atoms with Gasteiger partial charge in [0.15, 0.2) is 0 Å². The Hall–Kier alpha value is -1.35. The summed E-state index contributed by atoms with van der Waals surface area (Å²) >= 11 is 0. The number of carbonyl (C=O) groups excluding carboxylic acids is 1. The van der Waals surface area contributed by atoms with Crippen molar-refractivity contribution in [2.45, 2.75) is 25.3 Å². The lowest BCUT2D eigenvalue weighted by Crippen LogP contribution is -2.49. The Labute approximate surface area is 92.1 Å². The number of amides is 1. The van der Waals surface area contributed by atoms with Crippen LogP contribution >= 0.6 is 0 Å². The third-order valence-corrected chi connectivity index (χ3v) is 3.08. The largest absolute Gasteiger partial charge is 0.480 e. The molecule has 1 amide bonds. The van der Waals surface area contributed by atoms with Crippen LogP contribution in [0, 0.1) is 0 Å². The van der Waals surface area contributed by atoms with Gasteiger partial charge >= 0.3 is 22.3 Å². The number of ether oxygens (including phenoxy) is 1. The molecule has 16 heavy (non-hydrogen) atoms. The van der Waals surface area contributed by atoms with Gasteiger partial charge in [0, 0.05) is 0 Å². The molecule has 0 radical (unpaired) electrons. The first-order chi connectivity index (χ1) is 7.31. The van der Waals surface area contributed by atoms with Gasteiger partial charge in [-0.3, -0.25) is 4.79 Å². The van der Waals surface area contributed by atoms with Crippen molar-refractivity contribution in [2.75, 3.05) is 6.61 Å². The minimum atomic E-state index is -4.20. The molecule has 0 aromatic carbocycles. The highest BCUT2D eigenvalue weighted by Gasteiger charge is 2.53. The first kappa shape index (κ1) is 12.7. The van der Waals surface area contributed by atoms with E-state index in [1.54, 1.807) is 4.72 Å². The normalized spacial score (nSPS) is 17.6. The lowest BCUT2D eigenvalue weighted by atomic mass is 10.3. The van der Waals surface area contributed by atoms with E-state index < -0.39 is 27.8 Å². The van der Waals surface area contributed by atoms with Crippen LogP contribution in [-0.2, 0) is 19.7 Å². The second-order valence-electron chi connectivity index (χ2n) is 3.32. The van der Waals surface area contributed by atoms with Crippen LogP contribution in [0.2, 0.25) is 0 Å². The maximum absolute atomic E-state index is 11.3. The molecule has 0 spiro atoms. The fourth-order valence-corrected chi connectivity index (χ4v) is 2.17. The summed E-state index contributed by atoms with van der Waals surface area (Å²) in [7, 11) is -4.20. The summed E-state index contributed by atoms with van der Waals surface area (Å²) in [6.45, 7) is 1.53. The van der Waals surface area contributed by atoms with Crippen LogP contribution in [0.4, 0.5) is 4.79 Å². The number of aliphatic carboxylic acids is 1. The monoisotopic (exact) mass is 252 g/mol. The van der Waals surface area contributed by atoms with E-state index >= 15 is 0 Å². The molecule has 92 valence electrons. The second kappa shape index (κ2) is 4.26. The van der Waals surface area contributed by atoms with E-state index in [1.165, 1.54) is 6.92 Å². The van der Waals surface area contributed by atoms with Gasteiger partial charge in [0.2, 0.25) is 0 Å². The minimum Gasteiger partial charge on any atom is -0.480 e. The Balaban J connectivity index is 2.59. The summed E-state index contributed by atoms with van der Waals surface area (Å²) in [4.78, 5) is 21.5. The average Bonchev–Trinajstić information content (AvgIpc) is 2.83. The van der Waals surface area contributed by atoms with Crippen LogP contribution < -0.4 is 9.44 Å². The van der Waals surface area contributed by atoms with E-state index in [-0.39, 0.29) is 19.4 Å². The topological polar surface area (TPSA) is 122 Å². The number of carbonyl (C=O) groups is 2. The van der Waals surface area contributed by atoms with Crippen LogP contribution in [0.3, 0.4) is 0 Å². The van der Waals surface area contributed by atoms with Gasteiger partial charge in [-0.05, 0) is 19.8 Å². The molecule has 9 heteroatoms. The zero-order valence-electron chi connectivity index (χ0n) is 8.52. The second-order valence-corrected chi connectivity index (χ2v) is 4.73. The highest BCUT2D eigenvalue weighted by molar-refractivity contribution is 7.88. The van der Waals surface area contributed by atoms with Crippen molar-refractivity contribution in [3.05, 3.63) is 0 Å². The van der Waals surface area contributed by atoms with E-state index in [0.29, 0.717) is 0 Å². The molecule has 0 heterocycles. The minimum absolute atomic E-state index is 0.0193. The number of rotatable bonds is 5. The van der Waals surface area contributed by atoms with Crippen molar-refractivity contribution in [2.24, 2.45) is 0 Å². The molecule has 1 fully saturated rings. The summed E-state index contributed by atoms with van der Waals surface area (Å²) in [5.41, 5.74) is -1.47. The molecule has 0 saturated heterocycles. The molecule has 0 aliphatic heterocycles. The van der Waals surface area contributed by atoms with Crippen molar-refractivity contribution < 1.29 is 27.9 Å². The standard InChI is InChI=1S/C7H12N2O6S/c1-2-15-6(12)8-16(13,14)9-7(3-4-7)5(10)11/h9H,2-4H2,1H3,(H,8,12)(H,10,11). The van der Waals surface area contributed by atoms with Crippen molar-refractivity contribution in [1.82, 2.24) is 9.44 Å². The fraction of sp³-hybridized carbons (Fsp3) is 0.714. The van der Waals surface area contributed by atoms with Gasteiger partial charge in [0.05, 0.1) is 6.61 Å². The molecule has 1 rings (SSSR count). The molecule has 0 aromatic heterocycles. The Bertz CT molecular complexity index is 399. The maximum Gasteiger partial charge on any atom is 0.421 e. The summed E-state index contributed by atoms with van der Waals surface area (Å²) in [6, 6.07) is 0. The molecule has 0 unspecified atom stereocenters. The van der Waals surface area contributed by atoms with Crippen LogP contribution in [0.1, 0.15) is 19.8 Å². The van der Waals surface area contributed by atoms with Gasteiger partial charge in [-0.25, -0.2) is 9.52 Å². The van der Waals surface area contributed by atoms with Crippen molar-refractivity contribution in [3.63, 3.8) is 0 Å². The smallest absolute Gasteiger partial charge is 0.421 e. The summed E-state index contributed by atoms with van der Waals surface area (Å²) < 4.78 is 30.4. The van der Waals surface area contributed by atoms with Gasteiger partial charge in [0.25, 0.3) is 0 Å². The third-order valence-electron chi connectivity index (χ3n) is 1.98. The predicted molar refractivity (Wildman–Crippen MR) is 51.8 cm³/mol. The zero-order valence-corrected chi connectivity index (χ0v) is 9.33. The number of hydrogen-bond acceptors (Lipinski definition) is 5. The van der Waals surface area contributed by atoms with Crippen LogP contribution in [0.25, 0.3) is 0 Å². The predicted octanol–water partition coefficient (Wildman–Crippen LogP) is -0.816. The molecule has 0 atom stereocenters. The Kier molecular flexibility index (Phi) is 3.38. The number of hydrogen-bond donors (Lipinski definition) is 3. The SMILES string of the molecule is CCOC(=O)NS(=O)(=O)NC1(C(=O)O)CC1. The molecule has 1 saturated carbocycles. The zero-order chi connectivity index (χ0) is 12.4. The number of carboxylic acid groups (broad SMARTS) is 1. The van der Waals surface area contributed by atoms with E-state index in [1.807, 2.05) is 4.72 Å². The Morgan fingerprint density at radius 2 is 2.00 bits per heavy atom. The van der Waals surface area contributed by atoms with E-state index in [0.717, 1.165) is 0 Å². The van der Waals surface area contributed by atoms with Crippen molar-refractivity contribution in [1.29, 1.82) is 0 Å². The van der Waals surface area contributed by atoms with Gasteiger partial charge in [-0.1, -0.05) is 0 Å². The van der Waals surface area contributed by atoms with Crippen molar-refractivity contribution >= 4 is 22.3 Å². The lowest BCUT2D eigenvalue weighted by molar-refractivity contribution is -0.140. The van der Waals surface area contributed by atoms with Gasteiger partial charge in [0.1, 0.15) is 5.54 Å². The van der Waals surface area contributed by atoms with Gasteiger partial charge in [-0.15, -0.1) is 0 Å². The fourth-order valence-electron chi connectivity index (χ4n) is 1.04. The number of nitrogens with one attached hydrogen (secondary N) is 2. The van der Waals surface area contributed by atoms with E-state index in [9.17, 15) is 18.0 Å². The Morgan fingerprint density at radius 1 is 1.44 bits per heavy atom. The molecule has 0 aromatic rings. The van der Waals surface area contributed by atoms with E-state index in [2.05, 4.69) is 4.74 Å². The average molecular weight is 252 g/mol. The summed E-state index contributed by atoms with van der Waals surface area (Å²) in [6.07, 6.45) is -0.741. The molecule has 1 aliphatic carbocycles. The molecule has 1 aliphatic rings. The summed E-state index contributed by atoms with van der Waals surface area (Å²) in [5.74, 6) is -1.26. The van der Waals surface area contributed by atoms with E-state index in [4.69, 9.17) is 5.11 Å². The van der Waals surface area contributed by atoms with Crippen LogP contribution in [-0.4, -0.2) is 37.7 Å². The molecular formula is C7H12N2O6S. The molecule has 0 bridgehead atoms. The molecule has 8 nitrogen and oxygen atoms in total. The molecular weight excluding hydrogens is 240 g/mol. The molecule has 3 N–H and O–H groups in total. The Morgan fingerprint density at radius 3 is 2.38 bits per heavy atom. The quantitative estimate of drug-likeness (QED) is 0.588. The number of carboxylic acids is 1. The highest BCUT2D eigenvalue weighted by Crippen LogP contribution is 2.35. The highest BCUT2D eigenvalue weighted by atomic mass is 32.2. The summed E-state index contributed by atoms with van der Waals surface area (Å²) in [5, 5.41) is 8.73. The van der Waals surface area contributed by atoms with Gasteiger partial charge in [-0.2, -0.15) is 13.1 Å². The lowest BCUT2D eigenvalue weighted by Gasteiger charge is -2.13. The van der Waals surface area contributed by atoms with Crippen LogP contribution in [0.5, 0.6) is 0 Å². The first-order valence-corrected chi connectivity index (χ1v) is 6.01. The van der Waals surface area contributed by atoms with Crippen LogP contribution in [0.15, 0.2) is 0 Å². The first-order valence-electron chi connectivity index (χ1n) is 4.53. The third kappa shape index (κ3) is 3.07. The van der Waals surface area contributed by atoms with Gasteiger partial charge < -0.3 is 9.84 Å². The maximum atomic E-state index is 11.3. The van der Waals surface area contributed by atoms with Crippen molar-refractivity contribution in [3.8, 4) is 0 Å².